The van der Waals surface area contributed by atoms with E-state index in [-0.39, 0.29) is 17.9 Å². The molecular weight excluding hydrogens is 387 g/mol. The Hall–Kier alpha value is -1.41. The molecule has 0 unspecified atom stereocenters. The Morgan fingerprint density at radius 1 is 1.37 bits per heavy atom. The fourth-order valence-electron chi connectivity index (χ4n) is 1.47. The Balaban J connectivity index is 2.17. The Kier molecular flexibility index (Phi) is 4.20. The first-order valence-electron chi connectivity index (χ1n) is 5.09. The molecule has 1 aromatic carbocycles. The highest BCUT2D eigenvalue weighted by atomic mass is 79.9. The SMILES string of the molecule is O=[N+]([O-])c1cc(F)ccc1NCc1cc(Br)c(Br)o1. The number of halogens is 3. The van der Waals surface area contributed by atoms with Crippen LogP contribution in [0.2, 0.25) is 0 Å². The quantitative estimate of drug-likeness (QED) is 0.614. The molecule has 19 heavy (non-hydrogen) atoms. The zero-order valence-electron chi connectivity index (χ0n) is 9.32. The van der Waals surface area contributed by atoms with Gasteiger partial charge in [-0.25, -0.2) is 4.39 Å². The van der Waals surface area contributed by atoms with E-state index in [1.54, 1.807) is 6.07 Å². The molecule has 0 radical (unpaired) electrons. The van der Waals surface area contributed by atoms with Crippen LogP contribution in [-0.4, -0.2) is 4.92 Å². The number of nitro benzene ring substituents is 1. The molecule has 2 rings (SSSR count). The predicted molar refractivity (Wildman–Crippen MR) is 74.5 cm³/mol. The molecule has 8 heteroatoms. The van der Waals surface area contributed by atoms with Crippen molar-refractivity contribution in [3.8, 4) is 0 Å². The van der Waals surface area contributed by atoms with Crippen LogP contribution in [0, 0.1) is 15.9 Å². The van der Waals surface area contributed by atoms with Crippen LogP contribution in [0.5, 0.6) is 0 Å². The maximum atomic E-state index is 13.0. The summed E-state index contributed by atoms with van der Waals surface area (Å²) in [5, 5.41) is 13.6. The standard InChI is InChI=1S/C11H7Br2FN2O3/c12-8-4-7(19-11(8)13)5-15-9-2-1-6(14)3-10(9)16(17)18/h1-4,15H,5H2. The average molecular weight is 394 g/mol. The lowest BCUT2D eigenvalue weighted by Crippen LogP contribution is -2.02. The Labute approximate surface area is 124 Å². The van der Waals surface area contributed by atoms with E-state index >= 15 is 0 Å². The molecule has 0 spiro atoms. The number of furan rings is 1. The smallest absolute Gasteiger partial charge is 0.295 e. The van der Waals surface area contributed by atoms with Gasteiger partial charge in [-0.3, -0.25) is 10.1 Å². The van der Waals surface area contributed by atoms with Gasteiger partial charge in [0.15, 0.2) is 4.67 Å². The highest BCUT2D eigenvalue weighted by Gasteiger charge is 2.15. The van der Waals surface area contributed by atoms with Crippen LogP contribution in [0.15, 0.2) is 37.8 Å². The zero-order valence-corrected chi connectivity index (χ0v) is 12.5. The second-order valence-electron chi connectivity index (χ2n) is 3.61. The van der Waals surface area contributed by atoms with Crippen molar-refractivity contribution in [2.24, 2.45) is 0 Å². The first-order chi connectivity index (χ1) is 8.97. The molecule has 1 aromatic heterocycles. The van der Waals surface area contributed by atoms with Gasteiger partial charge in [-0.2, -0.15) is 0 Å². The van der Waals surface area contributed by atoms with E-state index in [0.29, 0.717) is 10.4 Å². The molecule has 5 nitrogen and oxygen atoms in total. The number of nitrogens with zero attached hydrogens (tertiary/aromatic N) is 1. The molecular formula is C11H7Br2FN2O3. The predicted octanol–water partition coefficient (Wildman–Crippen LogP) is 4.46. The Morgan fingerprint density at radius 2 is 2.11 bits per heavy atom. The zero-order chi connectivity index (χ0) is 14.0. The van der Waals surface area contributed by atoms with E-state index in [9.17, 15) is 14.5 Å². The topological polar surface area (TPSA) is 68.3 Å². The molecule has 0 aliphatic carbocycles. The minimum Gasteiger partial charge on any atom is -0.451 e. The third kappa shape index (κ3) is 3.32. The Morgan fingerprint density at radius 3 is 2.68 bits per heavy atom. The summed E-state index contributed by atoms with van der Waals surface area (Å²) in [5.41, 5.74) is -0.0836. The second-order valence-corrected chi connectivity index (χ2v) is 5.18. The van der Waals surface area contributed by atoms with Crippen LogP contribution < -0.4 is 5.32 Å². The minimum atomic E-state index is -0.652. The van der Waals surface area contributed by atoms with E-state index in [2.05, 4.69) is 37.2 Å². The van der Waals surface area contributed by atoms with Crippen LogP contribution in [0.25, 0.3) is 0 Å². The molecule has 0 aliphatic heterocycles. The summed E-state index contributed by atoms with van der Waals surface area (Å²) in [5.74, 6) is -0.0712. The van der Waals surface area contributed by atoms with Crippen molar-refractivity contribution in [1.29, 1.82) is 0 Å². The third-order valence-electron chi connectivity index (χ3n) is 2.31. The number of nitrogens with one attached hydrogen (secondary N) is 1. The lowest BCUT2D eigenvalue weighted by Gasteiger charge is -2.05. The highest BCUT2D eigenvalue weighted by molar-refractivity contribution is 9.13. The van der Waals surface area contributed by atoms with Crippen molar-refractivity contribution in [3.05, 3.63) is 55.1 Å². The summed E-state index contributed by atoms with van der Waals surface area (Å²) in [6.07, 6.45) is 0. The largest absolute Gasteiger partial charge is 0.451 e. The minimum absolute atomic E-state index is 0.232. The number of nitro groups is 1. The maximum Gasteiger partial charge on any atom is 0.295 e. The number of hydrogen-bond donors (Lipinski definition) is 1. The second kappa shape index (κ2) is 5.70. The van der Waals surface area contributed by atoms with Crippen molar-refractivity contribution in [3.63, 3.8) is 0 Å². The summed E-state index contributed by atoms with van der Waals surface area (Å²) in [7, 11) is 0. The fraction of sp³-hybridized carbons (Fsp3) is 0.0909. The van der Waals surface area contributed by atoms with E-state index in [1.807, 2.05) is 0 Å². The average Bonchev–Trinajstić information content (AvgIpc) is 2.67. The van der Waals surface area contributed by atoms with Crippen molar-refractivity contribution in [2.75, 3.05) is 5.32 Å². The van der Waals surface area contributed by atoms with Crippen LogP contribution >= 0.6 is 31.9 Å². The lowest BCUT2D eigenvalue weighted by atomic mass is 10.2. The molecule has 0 aliphatic rings. The first kappa shape index (κ1) is 14.0. The molecule has 1 heterocycles. The van der Waals surface area contributed by atoms with Gasteiger partial charge in [0.1, 0.15) is 17.3 Å². The van der Waals surface area contributed by atoms with Crippen LogP contribution in [0.4, 0.5) is 15.8 Å². The van der Waals surface area contributed by atoms with Gasteiger partial charge in [0.25, 0.3) is 5.69 Å². The summed E-state index contributed by atoms with van der Waals surface area (Å²) in [4.78, 5) is 10.2. The summed E-state index contributed by atoms with van der Waals surface area (Å²) in [6.45, 7) is 0.247. The molecule has 1 N–H and O–H groups in total. The number of anilines is 1. The van der Waals surface area contributed by atoms with Gasteiger partial charge in [-0.15, -0.1) is 0 Å². The number of hydrogen-bond acceptors (Lipinski definition) is 4. The van der Waals surface area contributed by atoms with Crippen molar-refractivity contribution in [2.45, 2.75) is 6.54 Å². The number of rotatable bonds is 4. The molecule has 0 saturated carbocycles. The van der Waals surface area contributed by atoms with Crippen molar-refractivity contribution >= 4 is 43.2 Å². The van der Waals surface area contributed by atoms with Crippen LogP contribution in [0.1, 0.15) is 5.76 Å². The van der Waals surface area contributed by atoms with Gasteiger partial charge in [0.05, 0.1) is 22.0 Å². The van der Waals surface area contributed by atoms with Crippen LogP contribution in [-0.2, 0) is 6.54 Å². The van der Waals surface area contributed by atoms with Crippen molar-refractivity contribution < 1.29 is 13.7 Å². The normalized spacial score (nSPS) is 10.5. The fourth-order valence-corrected chi connectivity index (χ4v) is 2.12. The van der Waals surface area contributed by atoms with Gasteiger partial charge in [-0.1, -0.05) is 0 Å². The Bertz CT molecular complexity index is 611. The van der Waals surface area contributed by atoms with E-state index in [1.165, 1.54) is 6.07 Å². The summed E-state index contributed by atoms with van der Waals surface area (Å²) in [6, 6.07) is 5.08. The van der Waals surface area contributed by atoms with E-state index < -0.39 is 10.7 Å². The molecule has 100 valence electrons. The van der Waals surface area contributed by atoms with Gasteiger partial charge < -0.3 is 9.73 Å². The van der Waals surface area contributed by atoms with Crippen molar-refractivity contribution in [1.82, 2.24) is 0 Å². The monoisotopic (exact) mass is 392 g/mol. The highest BCUT2D eigenvalue weighted by Crippen LogP contribution is 2.29. The number of benzene rings is 1. The first-order valence-corrected chi connectivity index (χ1v) is 6.67. The van der Waals surface area contributed by atoms with E-state index in [4.69, 9.17) is 4.42 Å². The summed E-state index contributed by atoms with van der Waals surface area (Å²) < 4.78 is 19.6. The molecule has 0 bridgehead atoms. The lowest BCUT2D eigenvalue weighted by molar-refractivity contribution is -0.384. The van der Waals surface area contributed by atoms with Crippen LogP contribution in [0.3, 0.4) is 0 Å². The molecule has 2 aromatic rings. The molecule has 0 saturated heterocycles. The van der Waals surface area contributed by atoms with Gasteiger partial charge in [0, 0.05) is 0 Å². The third-order valence-corrected chi connectivity index (χ3v) is 4.02. The maximum absolute atomic E-state index is 13.0. The molecule has 0 fully saturated rings. The molecule has 0 atom stereocenters. The van der Waals surface area contributed by atoms with Gasteiger partial charge in [0.2, 0.25) is 0 Å². The molecule has 0 amide bonds. The summed E-state index contributed by atoms with van der Waals surface area (Å²) >= 11 is 6.45. The van der Waals surface area contributed by atoms with Gasteiger partial charge in [-0.05, 0) is 50.1 Å². The van der Waals surface area contributed by atoms with Gasteiger partial charge >= 0.3 is 0 Å². The van der Waals surface area contributed by atoms with E-state index in [0.717, 1.165) is 16.6 Å².